The molecule has 19 heavy (non-hydrogen) atoms. The van der Waals surface area contributed by atoms with Gasteiger partial charge in [0, 0.05) is 12.6 Å². The van der Waals surface area contributed by atoms with Gasteiger partial charge in [0.2, 0.25) is 5.89 Å². The summed E-state index contributed by atoms with van der Waals surface area (Å²) in [5.74, 6) is -0.849. The summed E-state index contributed by atoms with van der Waals surface area (Å²) in [6.45, 7) is 2.15. The van der Waals surface area contributed by atoms with Crippen molar-refractivity contribution in [3.8, 4) is 0 Å². The van der Waals surface area contributed by atoms with Gasteiger partial charge in [0.15, 0.2) is 0 Å². The minimum atomic E-state index is -0.591. The minimum absolute atomic E-state index is 0.240. The van der Waals surface area contributed by atoms with Crippen LogP contribution in [0.2, 0.25) is 0 Å². The topological polar surface area (TPSA) is 77.0 Å². The molecule has 2 aromatic rings. The monoisotopic (exact) mass is 268 g/mol. The molecule has 0 fully saturated rings. The first-order chi connectivity index (χ1) is 9.04. The van der Waals surface area contributed by atoms with Gasteiger partial charge in [-0.15, -0.1) is 5.10 Å². The zero-order valence-corrected chi connectivity index (χ0v) is 10.4. The lowest BCUT2D eigenvalue weighted by Gasteiger charge is -2.03. The van der Waals surface area contributed by atoms with Crippen LogP contribution in [0.5, 0.6) is 0 Å². The van der Waals surface area contributed by atoms with Crippen LogP contribution in [0.15, 0.2) is 22.6 Å². The van der Waals surface area contributed by atoms with Crippen LogP contribution in [-0.2, 0) is 6.42 Å². The maximum atomic E-state index is 13.0. The number of hydrogen-bond donors (Lipinski definition) is 2. The fourth-order valence-electron chi connectivity index (χ4n) is 1.56. The summed E-state index contributed by atoms with van der Waals surface area (Å²) >= 11 is 0. The molecule has 1 atom stereocenters. The first-order valence-corrected chi connectivity index (χ1v) is 5.82. The summed E-state index contributed by atoms with van der Waals surface area (Å²) in [7, 11) is 0. The predicted octanol–water partition coefficient (Wildman–Crippen LogP) is 2.02. The molecule has 0 saturated heterocycles. The second-order valence-electron chi connectivity index (χ2n) is 4.19. The minimum Gasteiger partial charge on any atom is -0.406 e. The van der Waals surface area contributed by atoms with Crippen LogP contribution < -0.4 is 11.1 Å². The molecule has 0 bridgehead atoms. The van der Waals surface area contributed by atoms with Crippen molar-refractivity contribution in [3.63, 3.8) is 0 Å². The van der Waals surface area contributed by atoms with Gasteiger partial charge >= 0.3 is 6.01 Å². The molecule has 0 saturated carbocycles. The van der Waals surface area contributed by atoms with E-state index in [2.05, 4.69) is 15.5 Å². The van der Waals surface area contributed by atoms with Gasteiger partial charge < -0.3 is 15.5 Å². The molecule has 0 aliphatic rings. The molecule has 0 spiro atoms. The molecule has 3 N–H and O–H groups in total. The highest BCUT2D eigenvalue weighted by molar-refractivity contribution is 5.22. The van der Waals surface area contributed by atoms with E-state index >= 15 is 0 Å². The fourth-order valence-corrected chi connectivity index (χ4v) is 1.56. The van der Waals surface area contributed by atoms with Crippen molar-refractivity contribution in [2.75, 3.05) is 11.9 Å². The van der Waals surface area contributed by atoms with Crippen molar-refractivity contribution in [1.82, 2.24) is 10.2 Å². The van der Waals surface area contributed by atoms with Crippen LogP contribution in [0.3, 0.4) is 0 Å². The van der Waals surface area contributed by atoms with E-state index in [1.54, 1.807) is 6.92 Å². The van der Waals surface area contributed by atoms with Crippen molar-refractivity contribution >= 4 is 6.01 Å². The van der Waals surface area contributed by atoms with Crippen LogP contribution in [0.25, 0.3) is 0 Å². The number of rotatable bonds is 5. The molecule has 102 valence electrons. The molecule has 1 heterocycles. The Labute approximate surface area is 108 Å². The van der Waals surface area contributed by atoms with Crippen LogP contribution in [0.4, 0.5) is 14.8 Å². The molecular weight excluding hydrogens is 254 g/mol. The van der Waals surface area contributed by atoms with Crippen LogP contribution in [0, 0.1) is 11.6 Å². The Hall–Kier alpha value is -2.02. The second kappa shape index (κ2) is 5.75. The third-order valence-corrected chi connectivity index (χ3v) is 2.44. The standard InChI is InChI=1S/C12H14F2N4O/c1-7(15)11-17-18-12(19-11)16-3-2-8-4-9(13)6-10(14)5-8/h4-7H,2-3,15H2,1H3,(H,16,18). The summed E-state index contributed by atoms with van der Waals surface area (Å²) in [5, 5.41) is 10.4. The van der Waals surface area contributed by atoms with E-state index in [9.17, 15) is 8.78 Å². The third kappa shape index (κ3) is 3.72. The number of hydrogen-bond acceptors (Lipinski definition) is 5. The van der Waals surface area contributed by atoms with Gasteiger partial charge in [0.25, 0.3) is 0 Å². The normalized spacial score (nSPS) is 12.4. The second-order valence-corrected chi connectivity index (χ2v) is 4.19. The Morgan fingerprint density at radius 2 is 1.95 bits per heavy atom. The first-order valence-electron chi connectivity index (χ1n) is 5.82. The molecular formula is C12H14F2N4O. The van der Waals surface area contributed by atoms with E-state index in [-0.39, 0.29) is 12.1 Å². The highest BCUT2D eigenvalue weighted by atomic mass is 19.1. The van der Waals surface area contributed by atoms with Gasteiger partial charge in [-0.25, -0.2) is 8.78 Å². The molecule has 1 aromatic carbocycles. The molecule has 0 aliphatic carbocycles. The summed E-state index contributed by atoms with van der Waals surface area (Å²) in [6, 6.07) is 3.31. The lowest BCUT2D eigenvalue weighted by atomic mass is 10.1. The molecule has 0 aliphatic heterocycles. The van der Waals surface area contributed by atoms with Crippen LogP contribution in [-0.4, -0.2) is 16.7 Å². The van der Waals surface area contributed by atoms with Crippen LogP contribution >= 0.6 is 0 Å². The lowest BCUT2D eigenvalue weighted by molar-refractivity contribution is 0.473. The van der Waals surface area contributed by atoms with Crippen molar-refractivity contribution < 1.29 is 13.2 Å². The highest BCUT2D eigenvalue weighted by Crippen LogP contribution is 2.12. The quantitative estimate of drug-likeness (QED) is 0.867. The predicted molar refractivity (Wildman–Crippen MR) is 65.5 cm³/mol. The zero-order chi connectivity index (χ0) is 13.8. The smallest absolute Gasteiger partial charge is 0.315 e. The van der Waals surface area contributed by atoms with Gasteiger partial charge in [-0.2, -0.15) is 0 Å². The van der Waals surface area contributed by atoms with E-state index in [0.717, 1.165) is 6.07 Å². The Kier molecular flexibility index (Phi) is 4.06. The summed E-state index contributed by atoms with van der Waals surface area (Å²) in [4.78, 5) is 0. The molecule has 7 heteroatoms. The summed E-state index contributed by atoms with van der Waals surface area (Å²) in [5.41, 5.74) is 6.13. The number of anilines is 1. The van der Waals surface area contributed by atoms with Gasteiger partial charge in [0.05, 0.1) is 6.04 Å². The number of nitrogens with zero attached hydrogens (tertiary/aromatic N) is 2. The number of aromatic nitrogens is 2. The van der Waals surface area contributed by atoms with Crippen LogP contribution in [0.1, 0.15) is 24.4 Å². The zero-order valence-electron chi connectivity index (χ0n) is 10.4. The number of nitrogens with one attached hydrogen (secondary N) is 1. The number of nitrogens with two attached hydrogens (primary N) is 1. The van der Waals surface area contributed by atoms with Crippen molar-refractivity contribution in [1.29, 1.82) is 0 Å². The number of benzene rings is 1. The van der Waals surface area contributed by atoms with E-state index < -0.39 is 11.6 Å². The summed E-state index contributed by atoms with van der Waals surface area (Å²) < 4.78 is 31.1. The summed E-state index contributed by atoms with van der Waals surface area (Å²) in [6.07, 6.45) is 0.435. The number of halogens is 2. The maximum absolute atomic E-state index is 13.0. The largest absolute Gasteiger partial charge is 0.406 e. The average molecular weight is 268 g/mol. The average Bonchev–Trinajstić information content (AvgIpc) is 2.76. The van der Waals surface area contributed by atoms with Crippen molar-refractivity contribution in [2.24, 2.45) is 5.73 Å². The first kappa shape index (κ1) is 13.4. The van der Waals surface area contributed by atoms with Gasteiger partial charge in [-0.3, -0.25) is 0 Å². The maximum Gasteiger partial charge on any atom is 0.315 e. The molecule has 1 aromatic heterocycles. The van der Waals surface area contributed by atoms with Crippen molar-refractivity contribution in [3.05, 3.63) is 41.3 Å². The molecule has 2 rings (SSSR count). The Bertz CT molecular complexity index is 536. The molecule has 5 nitrogen and oxygen atoms in total. The SMILES string of the molecule is CC(N)c1nnc(NCCc2cc(F)cc(F)c2)o1. The highest BCUT2D eigenvalue weighted by Gasteiger charge is 2.09. The Morgan fingerprint density at radius 1 is 1.26 bits per heavy atom. The van der Waals surface area contributed by atoms with Gasteiger partial charge in [-0.1, -0.05) is 5.10 Å². The third-order valence-electron chi connectivity index (χ3n) is 2.44. The van der Waals surface area contributed by atoms with E-state index in [4.69, 9.17) is 10.2 Å². The fraction of sp³-hybridized carbons (Fsp3) is 0.333. The van der Waals surface area contributed by atoms with Crippen molar-refractivity contribution in [2.45, 2.75) is 19.4 Å². The Balaban J connectivity index is 1.88. The molecule has 0 radical (unpaired) electrons. The van der Waals surface area contributed by atoms with Gasteiger partial charge in [0.1, 0.15) is 11.6 Å². The van der Waals surface area contributed by atoms with Gasteiger partial charge in [-0.05, 0) is 31.0 Å². The van der Waals surface area contributed by atoms with E-state index in [0.29, 0.717) is 24.4 Å². The lowest BCUT2D eigenvalue weighted by Crippen LogP contribution is -2.06. The molecule has 0 amide bonds. The molecule has 1 unspecified atom stereocenters. The van der Waals surface area contributed by atoms with E-state index in [1.807, 2.05) is 0 Å². The van der Waals surface area contributed by atoms with E-state index in [1.165, 1.54) is 12.1 Å². The Morgan fingerprint density at radius 3 is 2.53 bits per heavy atom.